The molecule has 0 aliphatic carbocycles. The highest BCUT2D eigenvalue weighted by Crippen LogP contribution is 2.12. The van der Waals surface area contributed by atoms with E-state index >= 15 is 0 Å². The van der Waals surface area contributed by atoms with Crippen molar-refractivity contribution >= 4 is 17.9 Å². The molecule has 6 heteroatoms. The van der Waals surface area contributed by atoms with Crippen molar-refractivity contribution in [2.24, 2.45) is 0 Å². The van der Waals surface area contributed by atoms with E-state index in [4.69, 9.17) is 14.2 Å². The van der Waals surface area contributed by atoms with Crippen molar-refractivity contribution in [3.05, 3.63) is 97.2 Å². The van der Waals surface area contributed by atoms with E-state index in [-0.39, 0.29) is 31.1 Å². The van der Waals surface area contributed by atoms with E-state index in [1.807, 2.05) is 0 Å². The van der Waals surface area contributed by atoms with Gasteiger partial charge in [0, 0.05) is 19.3 Å². The van der Waals surface area contributed by atoms with Gasteiger partial charge >= 0.3 is 17.9 Å². The quantitative estimate of drug-likeness (QED) is 0.0265. The average Bonchev–Trinajstić information content (AvgIpc) is 3.23. The zero-order valence-corrected chi connectivity index (χ0v) is 38.0. The van der Waals surface area contributed by atoms with E-state index in [0.29, 0.717) is 19.3 Å². The van der Waals surface area contributed by atoms with Crippen LogP contribution in [0, 0.1) is 0 Å². The molecule has 0 amide bonds. The average molecular weight is 819 g/mol. The summed E-state index contributed by atoms with van der Waals surface area (Å²) >= 11 is 0. The molecule has 0 saturated carbocycles. The molecule has 0 fully saturated rings. The van der Waals surface area contributed by atoms with Crippen molar-refractivity contribution in [2.45, 2.75) is 207 Å². The summed E-state index contributed by atoms with van der Waals surface area (Å²) in [5.74, 6) is -0.961. The molecule has 0 bridgehead atoms. The van der Waals surface area contributed by atoms with E-state index in [0.717, 1.165) is 135 Å². The van der Waals surface area contributed by atoms with Crippen molar-refractivity contribution in [3.63, 3.8) is 0 Å². The summed E-state index contributed by atoms with van der Waals surface area (Å²) in [6.45, 7) is 6.33. The van der Waals surface area contributed by atoms with Crippen LogP contribution in [0.25, 0.3) is 0 Å². The number of rotatable bonds is 41. The minimum Gasteiger partial charge on any atom is -0.462 e. The van der Waals surface area contributed by atoms with Crippen LogP contribution in [0.15, 0.2) is 97.2 Å². The zero-order valence-electron chi connectivity index (χ0n) is 38.0. The largest absolute Gasteiger partial charge is 0.462 e. The maximum absolute atomic E-state index is 12.6. The lowest BCUT2D eigenvalue weighted by Gasteiger charge is -2.18. The van der Waals surface area contributed by atoms with Crippen LogP contribution in [-0.4, -0.2) is 37.2 Å². The van der Waals surface area contributed by atoms with Crippen LogP contribution in [0.4, 0.5) is 0 Å². The first-order chi connectivity index (χ1) is 29.0. The van der Waals surface area contributed by atoms with Gasteiger partial charge in [0.1, 0.15) is 13.2 Å². The number of carbonyl (C=O) groups excluding carboxylic acids is 3. The highest BCUT2D eigenvalue weighted by molar-refractivity contribution is 5.71. The summed E-state index contributed by atoms with van der Waals surface area (Å²) in [6, 6.07) is 0. The van der Waals surface area contributed by atoms with Gasteiger partial charge in [-0.05, 0) is 96.3 Å². The van der Waals surface area contributed by atoms with Crippen molar-refractivity contribution in [1.82, 2.24) is 0 Å². The Kier molecular flexibility index (Phi) is 44.1. The molecule has 0 aromatic carbocycles. The molecular formula is C53H86O6. The molecule has 0 aliphatic heterocycles. The van der Waals surface area contributed by atoms with Gasteiger partial charge in [-0.2, -0.15) is 0 Å². The maximum atomic E-state index is 12.6. The van der Waals surface area contributed by atoms with Crippen LogP contribution >= 0.6 is 0 Å². The minimum atomic E-state index is -0.790. The summed E-state index contributed by atoms with van der Waals surface area (Å²) < 4.78 is 16.6. The van der Waals surface area contributed by atoms with Crippen molar-refractivity contribution in [1.29, 1.82) is 0 Å². The van der Waals surface area contributed by atoms with Gasteiger partial charge in [0.15, 0.2) is 6.10 Å². The molecule has 0 radical (unpaired) electrons. The predicted octanol–water partition coefficient (Wildman–Crippen LogP) is 15.4. The molecule has 0 aliphatic rings. The standard InChI is InChI=1S/C53H86O6/c1-4-7-10-13-15-17-19-20-21-22-23-24-25-26-27-28-29-30-31-32-34-35-37-40-43-46-52(55)58-49-50(48-57-51(54)45-42-39-12-9-6-3)59-53(56)47-44-41-38-36-33-18-16-14-11-8-5-2/h7,10,14-17,20-21,23-24,26-27,29-30,32,34,50H,4-6,8-9,11-13,18-19,22,25,28,31,33,35-49H2,1-3H3/b10-7-,16-14-,17-15-,21-20-,24-23-,27-26-,30-29-,34-32-. The van der Waals surface area contributed by atoms with Gasteiger partial charge in [0.25, 0.3) is 0 Å². The van der Waals surface area contributed by atoms with Crippen LogP contribution in [0.5, 0.6) is 0 Å². The molecular weight excluding hydrogens is 733 g/mol. The molecule has 0 aromatic rings. The number of ether oxygens (including phenoxy) is 3. The van der Waals surface area contributed by atoms with Crippen LogP contribution in [0.2, 0.25) is 0 Å². The number of carbonyl (C=O) groups is 3. The molecule has 0 saturated heterocycles. The van der Waals surface area contributed by atoms with E-state index < -0.39 is 6.10 Å². The lowest BCUT2D eigenvalue weighted by atomic mass is 10.1. The maximum Gasteiger partial charge on any atom is 0.306 e. The van der Waals surface area contributed by atoms with Crippen molar-refractivity contribution < 1.29 is 28.6 Å². The minimum absolute atomic E-state index is 0.0938. The first-order valence-corrected chi connectivity index (χ1v) is 23.7. The smallest absolute Gasteiger partial charge is 0.306 e. The number of allylic oxidation sites excluding steroid dienone is 16. The molecule has 6 nitrogen and oxygen atoms in total. The van der Waals surface area contributed by atoms with Crippen LogP contribution in [-0.2, 0) is 28.6 Å². The molecule has 0 aromatic heterocycles. The second kappa shape index (κ2) is 47.0. The van der Waals surface area contributed by atoms with E-state index in [1.165, 1.54) is 25.7 Å². The van der Waals surface area contributed by atoms with Gasteiger partial charge in [-0.3, -0.25) is 14.4 Å². The Morgan fingerprint density at radius 3 is 1.12 bits per heavy atom. The zero-order chi connectivity index (χ0) is 43.0. The number of hydrogen-bond acceptors (Lipinski definition) is 6. The molecule has 0 spiro atoms. The topological polar surface area (TPSA) is 78.9 Å². The van der Waals surface area contributed by atoms with Crippen LogP contribution in [0.1, 0.15) is 201 Å². The summed E-state index contributed by atoms with van der Waals surface area (Å²) in [4.78, 5) is 37.5. The Morgan fingerprint density at radius 2 is 0.678 bits per heavy atom. The van der Waals surface area contributed by atoms with Gasteiger partial charge in [-0.25, -0.2) is 0 Å². The number of unbranched alkanes of at least 4 members (excludes halogenated alkanes) is 14. The highest BCUT2D eigenvalue weighted by atomic mass is 16.6. The third-order valence-electron chi connectivity index (χ3n) is 9.57. The summed E-state index contributed by atoms with van der Waals surface area (Å²) in [6.07, 6.45) is 61.4. The first-order valence-electron chi connectivity index (χ1n) is 23.7. The third kappa shape index (κ3) is 45.3. The first kappa shape index (κ1) is 55.3. The van der Waals surface area contributed by atoms with Gasteiger partial charge in [-0.1, -0.05) is 182 Å². The predicted molar refractivity (Wildman–Crippen MR) is 251 cm³/mol. The van der Waals surface area contributed by atoms with Crippen LogP contribution < -0.4 is 0 Å². The van der Waals surface area contributed by atoms with Crippen LogP contribution in [0.3, 0.4) is 0 Å². The van der Waals surface area contributed by atoms with Gasteiger partial charge in [-0.15, -0.1) is 0 Å². The monoisotopic (exact) mass is 819 g/mol. The molecule has 59 heavy (non-hydrogen) atoms. The molecule has 0 N–H and O–H groups in total. The fourth-order valence-electron chi connectivity index (χ4n) is 5.99. The van der Waals surface area contributed by atoms with Gasteiger partial charge in [0.2, 0.25) is 0 Å². The third-order valence-corrected chi connectivity index (χ3v) is 9.57. The Hall–Kier alpha value is -3.67. The SMILES string of the molecule is CC/C=C\C/C=C\C/C=C\C/C=C\C/C=C\C/C=C\C/C=C\CCCCCC(=O)OCC(COC(=O)CCCCCCC)OC(=O)CCCCCCC/C=C\CCCC. The van der Waals surface area contributed by atoms with Gasteiger partial charge < -0.3 is 14.2 Å². The number of hydrogen-bond donors (Lipinski definition) is 0. The van der Waals surface area contributed by atoms with Crippen molar-refractivity contribution in [2.75, 3.05) is 13.2 Å². The second-order valence-corrected chi connectivity index (χ2v) is 15.3. The lowest BCUT2D eigenvalue weighted by Crippen LogP contribution is -2.30. The fourth-order valence-corrected chi connectivity index (χ4v) is 5.99. The molecule has 334 valence electrons. The molecule has 1 unspecified atom stereocenters. The van der Waals surface area contributed by atoms with E-state index in [1.54, 1.807) is 0 Å². The number of esters is 3. The lowest BCUT2D eigenvalue weighted by molar-refractivity contribution is -0.167. The molecule has 1 atom stereocenters. The summed E-state index contributed by atoms with van der Waals surface area (Å²) in [5, 5.41) is 0. The summed E-state index contributed by atoms with van der Waals surface area (Å²) in [7, 11) is 0. The summed E-state index contributed by atoms with van der Waals surface area (Å²) in [5.41, 5.74) is 0. The molecule has 0 rings (SSSR count). The van der Waals surface area contributed by atoms with E-state index in [2.05, 4.69) is 118 Å². The Balaban J connectivity index is 4.24. The van der Waals surface area contributed by atoms with Crippen molar-refractivity contribution in [3.8, 4) is 0 Å². The Labute approximate surface area is 362 Å². The molecule has 0 heterocycles. The normalized spacial score (nSPS) is 12.9. The van der Waals surface area contributed by atoms with E-state index in [9.17, 15) is 14.4 Å². The van der Waals surface area contributed by atoms with Gasteiger partial charge in [0.05, 0.1) is 0 Å². The Bertz CT molecular complexity index is 1220. The fraction of sp³-hybridized carbons (Fsp3) is 0.642. The highest BCUT2D eigenvalue weighted by Gasteiger charge is 2.19. The second-order valence-electron chi connectivity index (χ2n) is 15.3. The Morgan fingerprint density at radius 1 is 0.356 bits per heavy atom.